The van der Waals surface area contributed by atoms with E-state index in [0.717, 1.165) is 36.5 Å². The molecule has 158 valence electrons. The lowest BCUT2D eigenvalue weighted by Crippen LogP contribution is -2.30. The van der Waals surface area contributed by atoms with Crippen LogP contribution in [0, 0.1) is 0 Å². The Labute approximate surface area is 179 Å². The summed E-state index contributed by atoms with van der Waals surface area (Å²) in [5.74, 6) is -0.732. The number of ether oxygens (including phenoxy) is 3. The number of rotatable bonds is 6. The molecule has 1 N–H and O–H groups in total. The summed E-state index contributed by atoms with van der Waals surface area (Å²) in [5.41, 5.74) is 2.67. The van der Waals surface area contributed by atoms with Crippen molar-refractivity contribution < 1.29 is 23.8 Å². The Morgan fingerprint density at radius 2 is 2.07 bits per heavy atom. The first-order valence-electron chi connectivity index (χ1n) is 9.99. The molecule has 0 saturated carbocycles. The second kappa shape index (κ2) is 9.32. The summed E-state index contributed by atoms with van der Waals surface area (Å²) >= 11 is 1.42. The molecule has 0 fully saturated rings. The van der Waals surface area contributed by atoms with Crippen molar-refractivity contribution in [3.8, 4) is 0 Å². The van der Waals surface area contributed by atoms with Crippen LogP contribution in [0.25, 0.3) is 0 Å². The molecule has 2 aliphatic rings. The van der Waals surface area contributed by atoms with Gasteiger partial charge in [-0.05, 0) is 24.5 Å². The molecule has 30 heavy (non-hydrogen) atoms. The zero-order chi connectivity index (χ0) is 20.9. The van der Waals surface area contributed by atoms with E-state index in [2.05, 4.69) is 22.3 Å². The number of benzene rings is 1. The van der Waals surface area contributed by atoms with Crippen LogP contribution in [-0.2, 0) is 38.5 Å². The Morgan fingerprint density at radius 3 is 2.80 bits per heavy atom. The minimum Gasteiger partial charge on any atom is -0.494 e. The summed E-state index contributed by atoms with van der Waals surface area (Å²) < 4.78 is 15.8. The fourth-order valence-electron chi connectivity index (χ4n) is 3.59. The maximum atomic E-state index is 12.7. The van der Waals surface area contributed by atoms with Crippen molar-refractivity contribution in [1.82, 2.24) is 4.90 Å². The molecular weight excluding hydrogens is 404 g/mol. The van der Waals surface area contributed by atoms with Crippen LogP contribution < -0.4 is 5.32 Å². The number of fused-ring (bicyclic) bond motifs is 1. The van der Waals surface area contributed by atoms with Crippen molar-refractivity contribution in [3.05, 3.63) is 63.9 Å². The monoisotopic (exact) mass is 428 g/mol. The van der Waals surface area contributed by atoms with E-state index in [4.69, 9.17) is 14.2 Å². The van der Waals surface area contributed by atoms with E-state index in [9.17, 15) is 9.59 Å². The van der Waals surface area contributed by atoms with Gasteiger partial charge in [0.25, 0.3) is 5.91 Å². The minimum atomic E-state index is -0.431. The molecule has 0 spiro atoms. The van der Waals surface area contributed by atoms with Crippen LogP contribution in [0.15, 0.2) is 42.4 Å². The molecule has 1 amide bonds. The second-order valence-electron chi connectivity index (χ2n) is 7.03. The van der Waals surface area contributed by atoms with Crippen LogP contribution in [-0.4, -0.2) is 43.1 Å². The second-order valence-corrected chi connectivity index (χ2v) is 8.14. The predicted molar refractivity (Wildman–Crippen MR) is 113 cm³/mol. The Bertz CT molecular complexity index is 954. The third-order valence-electron chi connectivity index (χ3n) is 4.96. The molecule has 8 heteroatoms. The number of anilines is 1. The fraction of sp³-hybridized carbons (Fsp3) is 0.364. The quantitative estimate of drug-likeness (QED) is 0.712. The van der Waals surface area contributed by atoms with E-state index < -0.39 is 11.9 Å². The number of amides is 1. The van der Waals surface area contributed by atoms with Gasteiger partial charge in [0.2, 0.25) is 5.76 Å². The van der Waals surface area contributed by atoms with E-state index in [1.165, 1.54) is 23.2 Å². The van der Waals surface area contributed by atoms with Crippen LogP contribution in [0.3, 0.4) is 0 Å². The first-order valence-corrected chi connectivity index (χ1v) is 10.8. The number of esters is 1. The lowest BCUT2D eigenvalue weighted by Gasteiger charge is -2.27. The lowest BCUT2D eigenvalue weighted by atomic mass is 10.0. The van der Waals surface area contributed by atoms with Gasteiger partial charge in [-0.3, -0.25) is 9.69 Å². The van der Waals surface area contributed by atoms with Crippen LogP contribution in [0.1, 0.15) is 33.3 Å². The molecule has 0 radical (unpaired) electrons. The Kier molecular flexibility index (Phi) is 6.35. The molecule has 7 nitrogen and oxygen atoms in total. The van der Waals surface area contributed by atoms with Crippen LogP contribution in [0.4, 0.5) is 5.00 Å². The SMILES string of the molecule is CCOC(=O)c1c(NC(=O)C2=COCCO2)sc2c1CCN(Cc1ccccc1)C2. The van der Waals surface area contributed by atoms with Crippen LogP contribution >= 0.6 is 11.3 Å². The van der Waals surface area contributed by atoms with Crippen molar-refractivity contribution in [2.75, 3.05) is 31.7 Å². The first-order chi connectivity index (χ1) is 14.7. The number of carbonyl (C=O) groups is 2. The van der Waals surface area contributed by atoms with Gasteiger partial charge in [-0.25, -0.2) is 4.79 Å². The first kappa shape index (κ1) is 20.4. The molecule has 0 unspecified atom stereocenters. The summed E-state index contributed by atoms with van der Waals surface area (Å²) in [5, 5.41) is 3.33. The summed E-state index contributed by atoms with van der Waals surface area (Å²) in [6.45, 7) is 5.18. The Hall–Kier alpha value is -2.84. The standard InChI is InChI=1S/C22H24N2O5S/c1-2-28-22(26)19-16-8-9-24(12-15-6-4-3-5-7-15)13-18(16)30-21(19)23-20(25)17-14-27-10-11-29-17/h3-7,14H,2,8-13H2,1H3,(H,23,25). The number of nitrogens with zero attached hydrogens (tertiary/aromatic N) is 1. The highest BCUT2D eigenvalue weighted by molar-refractivity contribution is 7.17. The Morgan fingerprint density at radius 1 is 1.23 bits per heavy atom. The predicted octanol–water partition coefficient (Wildman–Crippen LogP) is 3.31. The molecule has 0 bridgehead atoms. The highest BCUT2D eigenvalue weighted by Crippen LogP contribution is 2.38. The Balaban J connectivity index is 1.57. The van der Waals surface area contributed by atoms with Crippen molar-refractivity contribution in [2.24, 2.45) is 0 Å². The molecule has 0 atom stereocenters. The maximum absolute atomic E-state index is 12.7. The zero-order valence-corrected chi connectivity index (χ0v) is 17.6. The van der Waals surface area contributed by atoms with Gasteiger partial charge in [-0.1, -0.05) is 30.3 Å². The number of hydrogen-bond acceptors (Lipinski definition) is 7. The topological polar surface area (TPSA) is 77.1 Å². The van der Waals surface area contributed by atoms with Gasteiger partial charge in [0.05, 0.1) is 12.2 Å². The molecule has 0 aliphatic carbocycles. The summed E-state index contributed by atoms with van der Waals surface area (Å²) in [4.78, 5) is 28.7. The van der Waals surface area contributed by atoms with Crippen molar-refractivity contribution in [2.45, 2.75) is 26.4 Å². The van der Waals surface area contributed by atoms with Crippen molar-refractivity contribution in [1.29, 1.82) is 0 Å². The molecule has 2 aliphatic heterocycles. The summed E-state index contributed by atoms with van der Waals surface area (Å²) in [6, 6.07) is 10.3. The summed E-state index contributed by atoms with van der Waals surface area (Å²) in [6.07, 6.45) is 2.03. The number of thiophene rings is 1. The molecule has 2 aromatic rings. The van der Waals surface area contributed by atoms with Crippen LogP contribution in [0.5, 0.6) is 0 Å². The van der Waals surface area contributed by atoms with Gasteiger partial charge >= 0.3 is 5.97 Å². The zero-order valence-electron chi connectivity index (χ0n) is 16.8. The third kappa shape index (κ3) is 4.49. The molecular formula is C22H24N2O5S. The average Bonchev–Trinajstić information content (AvgIpc) is 3.12. The van der Waals surface area contributed by atoms with Gasteiger partial charge in [0, 0.05) is 24.5 Å². The molecule has 3 heterocycles. The van der Waals surface area contributed by atoms with Crippen molar-refractivity contribution in [3.63, 3.8) is 0 Å². The van der Waals surface area contributed by atoms with Crippen LogP contribution in [0.2, 0.25) is 0 Å². The third-order valence-corrected chi connectivity index (χ3v) is 6.10. The van der Waals surface area contributed by atoms with Crippen molar-refractivity contribution >= 4 is 28.2 Å². The minimum absolute atomic E-state index is 0.105. The summed E-state index contributed by atoms with van der Waals surface area (Å²) in [7, 11) is 0. The van der Waals surface area contributed by atoms with E-state index in [-0.39, 0.29) is 12.4 Å². The van der Waals surface area contributed by atoms with E-state index in [0.29, 0.717) is 23.8 Å². The largest absolute Gasteiger partial charge is 0.494 e. The molecule has 1 aromatic carbocycles. The number of carbonyl (C=O) groups excluding carboxylic acids is 2. The maximum Gasteiger partial charge on any atom is 0.341 e. The van der Waals surface area contributed by atoms with E-state index in [1.807, 2.05) is 18.2 Å². The smallest absolute Gasteiger partial charge is 0.341 e. The molecule has 0 saturated heterocycles. The molecule has 4 rings (SSSR count). The van der Waals surface area contributed by atoms with Gasteiger partial charge in [0.15, 0.2) is 0 Å². The van der Waals surface area contributed by atoms with Gasteiger partial charge in [-0.15, -0.1) is 11.3 Å². The normalized spacial score (nSPS) is 16.0. The number of hydrogen-bond donors (Lipinski definition) is 1. The lowest BCUT2D eigenvalue weighted by molar-refractivity contribution is -0.117. The van der Waals surface area contributed by atoms with Gasteiger partial charge in [-0.2, -0.15) is 0 Å². The van der Waals surface area contributed by atoms with Gasteiger partial charge < -0.3 is 19.5 Å². The average molecular weight is 429 g/mol. The highest BCUT2D eigenvalue weighted by atomic mass is 32.1. The van der Waals surface area contributed by atoms with E-state index >= 15 is 0 Å². The fourth-order valence-corrected chi connectivity index (χ4v) is 4.87. The van der Waals surface area contributed by atoms with Gasteiger partial charge in [0.1, 0.15) is 24.5 Å². The molecule has 1 aromatic heterocycles. The van der Waals surface area contributed by atoms with E-state index in [1.54, 1.807) is 6.92 Å². The number of nitrogens with one attached hydrogen (secondary N) is 1. The highest BCUT2D eigenvalue weighted by Gasteiger charge is 2.30.